The van der Waals surface area contributed by atoms with E-state index in [1.54, 1.807) is 0 Å². The van der Waals surface area contributed by atoms with Gasteiger partial charge in [-0.05, 0) is 28.7 Å². The number of nitrogens with zero attached hydrogens (tertiary/aromatic N) is 1. The molecule has 1 spiro atoms. The highest BCUT2D eigenvalue weighted by atomic mass is 32.2. The van der Waals surface area contributed by atoms with Gasteiger partial charge in [-0.1, -0.05) is 49.4 Å². The lowest BCUT2D eigenvalue weighted by atomic mass is 9.82. The van der Waals surface area contributed by atoms with Crippen LogP contribution in [0.5, 0.6) is 0 Å². The molecule has 0 saturated carbocycles. The minimum Gasteiger partial charge on any atom is -0.369 e. The summed E-state index contributed by atoms with van der Waals surface area (Å²) in [5.74, 6) is 2.44. The van der Waals surface area contributed by atoms with E-state index in [9.17, 15) is 31.4 Å². The van der Waals surface area contributed by atoms with E-state index in [0.717, 1.165) is 36.3 Å². The summed E-state index contributed by atoms with van der Waals surface area (Å²) in [6, 6.07) is 9.63. The standard InChI is InChI=1S/C23H23F6NOS/c1-2-16-9-15(10-30-11-20(12-30)13-32-14-20)3-8-19(16)17-4-6-18(7-5-17)21(31,22(24,25)26)23(27,28)29/h3-9,31H,2,10-14H2,1H3. The number of hydrogen-bond donors (Lipinski definition) is 1. The maximum Gasteiger partial charge on any atom is 0.430 e. The Hall–Kier alpha value is -1.71. The molecule has 0 amide bonds. The van der Waals surface area contributed by atoms with E-state index in [4.69, 9.17) is 0 Å². The van der Waals surface area contributed by atoms with Gasteiger partial charge in [0, 0.05) is 42.1 Å². The number of halogens is 6. The van der Waals surface area contributed by atoms with Crippen LogP contribution in [-0.4, -0.2) is 47.0 Å². The molecule has 0 aromatic heterocycles. The number of alkyl halides is 6. The minimum absolute atomic E-state index is 0.495. The van der Waals surface area contributed by atoms with Crippen LogP contribution in [0.3, 0.4) is 0 Å². The highest BCUT2D eigenvalue weighted by Gasteiger charge is 2.71. The fraction of sp³-hybridized carbons (Fsp3) is 0.478. The monoisotopic (exact) mass is 475 g/mol. The summed E-state index contributed by atoms with van der Waals surface area (Å²) in [5.41, 5.74) is -2.33. The quantitative estimate of drug-likeness (QED) is 0.555. The van der Waals surface area contributed by atoms with Gasteiger partial charge in [-0.15, -0.1) is 0 Å². The van der Waals surface area contributed by atoms with E-state index >= 15 is 0 Å². The Morgan fingerprint density at radius 3 is 2.00 bits per heavy atom. The first-order chi connectivity index (χ1) is 14.9. The molecule has 2 fully saturated rings. The first-order valence-corrected chi connectivity index (χ1v) is 11.4. The number of aliphatic hydroxyl groups is 1. The van der Waals surface area contributed by atoms with Gasteiger partial charge in [-0.2, -0.15) is 38.1 Å². The Morgan fingerprint density at radius 2 is 1.53 bits per heavy atom. The van der Waals surface area contributed by atoms with Gasteiger partial charge in [-0.3, -0.25) is 4.90 Å². The molecule has 0 radical (unpaired) electrons. The summed E-state index contributed by atoms with van der Waals surface area (Å²) in [7, 11) is 0. The van der Waals surface area contributed by atoms with Crippen molar-refractivity contribution < 1.29 is 31.4 Å². The van der Waals surface area contributed by atoms with E-state index < -0.39 is 23.5 Å². The summed E-state index contributed by atoms with van der Waals surface area (Å²) in [4.78, 5) is 2.39. The number of benzene rings is 2. The van der Waals surface area contributed by atoms with Crippen molar-refractivity contribution in [3.05, 3.63) is 59.2 Å². The number of rotatable bonds is 5. The summed E-state index contributed by atoms with van der Waals surface area (Å²) in [5, 5.41) is 9.57. The third kappa shape index (κ3) is 3.92. The van der Waals surface area contributed by atoms with Gasteiger partial charge in [0.25, 0.3) is 5.60 Å². The van der Waals surface area contributed by atoms with Crippen LogP contribution in [0.15, 0.2) is 42.5 Å². The normalized spacial score (nSPS) is 19.0. The van der Waals surface area contributed by atoms with E-state index in [1.807, 2.05) is 36.9 Å². The van der Waals surface area contributed by atoms with Gasteiger partial charge >= 0.3 is 12.4 Å². The maximum atomic E-state index is 13.1. The molecule has 2 aromatic rings. The summed E-state index contributed by atoms with van der Waals surface area (Å²) in [6.07, 6.45) is -11.1. The number of likely N-dealkylation sites (tertiary alicyclic amines) is 1. The molecule has 9 heteroatoms. The molecule has 1 N–H and O–H groups in total. The fourth-order valence-electron chi connectivity index (χ4n) is 4.54. The van der Waals surface area contributed by atoms with Crippen molar-refractivity contribution in [1.29, 1.82) is 0 Å². The molecular formula is C23H23F6NOS. The van der Waals surface area contributed by atoms with E-state index in [0.29, 0.717) is 29.5 Å². The third-order valence-corrected chi connectivity index (χ3v) is 7.96. The average Bonchev–Trinajstić information content (AvgIpc) is 2.66. The smallest absolute Gasteiger partial charge is 0.369 e. The van der Waals surface area contributed by atoms with Gasteiger partial charge in [0.15, 0.2) is 0 Å². The van der Waals surface area contributed by atoms with Gasteiger partial charge in [0.2, 0.25) is 0 Å². The lowest BCUT2D eigenvalue weighted by Gasteiger charge is -2.55. The largest absolute Gasteiger partial charge is 0.430 e. The first kappa shape index (κ1) is 23.4. The van der Waals surface area contributed by atoms with Gasteiger partial charge in [0.1, 0.15) is 0 Å². The van der Waals surface area contributed by atoms with Crippen molar-refractivity contribution in [2.45, 2.75) is 37.8 Å². The lowest BCUT2D eigenvalue weighted by Crippen LogP contribution is -2.62. The molecule has 2 nitrogen and oxygen atoms in total. The SMILES string of the molecule is CCc1cc(CN2CC3(CSC3)C2)ccc1-c1ccc(C(O)(C(F)(F)F)C(F)(F)F)cc1. The second kappa shape index (κ2) is 7.95. The van der Waals surface area contributed by atoms with E-state index in [2.05, 4.69) is 4.90 Å². The molecule has 2 saturated heterocycles. The second-order valence-corrected chi connectivity index (χ2v) is 9.75. The second-order valence-electron chi connectivity index (χ2n) is 8.77. The van der Waals surface area contributed by atoms with Gasteiger partial charge < -0.3 is 5.11 Å². The highest BCUT2D eigenvalue weighted by Crippen LogP contribution is 2.50. The van der Waals surface area contributed by atoms with Crippen molar-refractivity contribution in [3.63, 3.8) is 0 Å². The van der Waals surface area contributed by atoms with Gasteiger partial charge in [0.05, 0.1) is 0 Å². The topological polar surface area (TPSA) is 23.5 Å². The molecule has 174 valence electrons. The number of thioether (sulfide) groups is 1. The Bertz CT molecular complexity index is 959. The molecule has 0 atom stereocenters. The van der Waals surface area contributed by atoms with Crippen molar-refractivity contribution in [2.24, 2.45) is 5.41 Å². The van der Waals surface area contributed by atoms with Crippen LogP contribution in [0.4, 0.5) is 26.3 Å². The molecule has 32 heavy (non-hydrogen) atoms. The number of hydrogen-bond acceptors (Lipinski definition) is 3. The number of aryl methyl sites for hydroxylation is 1. The molecular weight excluding hydrogens is 452 g/mol. The molecule has 4 rings (SSSR count). The Morgan fingerprint density at radius 1 is 0.938 bits per heavy atom. The van der Waals surface area contributed by atoms with E-state index in [-0.39, 0.29) is 0 Å². The predicted octanol–water partition coefficient (Wildman–Crippen LogP) is 5.78. The average molecular weight is 475 g/mol. The van der Waals surface area contributed by atoms with Crippen LogP contribution in [0, 0.1) is 5.41 Å². The molecule has 0 aliphatic carbocycles. The molecule has 2 heterocycles. The van der Waals surface area contributed by atoms with Gasteiger partial charge in [-0.25, -0.2) is 0 Å². The Labute approximate surface area is 186 Å². The summed E-state index contributed by atoms with van der Waals surface area (Å²) in [6.45, 7) is 4.95. The van der Waals surface area contributed by atoms with Crippen LogP contribution in [-0.2, 0) is 18.6 Å². The Kier molecular flexibility index (Phi) is 5.83. The first-order valence-electron chi connectivity index (χ1n) is 10.3. The zero-order valence-corrected chi connectivity index (χ0v) is 18.2. The van der Waals surface area contributed by atoms with Crippen molar-refractivity contribution >= 4 is 11.8 Å². The van der Waals surface area contributed by atoms with Crippen LogP contribution >= 0.6 is 11.8 Å². The minimum atomic E-state index is -5.89. The molecule has 2 aromatic carbocycles. The molecule has 0 unspecified atom stereocenters. The summed E-state index contributed by atoms with van der Waals surface area (Å²) >= 11 is 1.97. The fourth-order valence-corrected chi connectivity index (χ4v) is 5.69. The van der Waals surface area contributed by atoms with Crippen molar-refractivity contribution in [2.75, 3.05) is 24.6 Å². The van der Waals surface area contributed by atoms with Crippen molar-refractivity contribution in [3.8, 4) is 11.1 Å². The highest BCUT2D eigenvalue weighted by molar-refractivity contribution is 8.00. The maximum absolute atomic E-state index is 13.1. The lowest BCUT2D eigenvalue weighted by molar-refractivity contribution is -0.376. The molecule has 2 aliphatic rings. The van der Waals surface area contributed by atoms with Crippen molar-refractivity contribution in [1.82, 2.24) is 4.90 Å². The van der Waals surface area contributed by atoms with Crippen LogP contribution in [0.25, 0.3) is 11.1 Å². The van der Waals surface area contributed by atoms with Crippen LogP contribution in [0.2, 0.25) is 0 Å². The van der Waals surface area contributed by atoms with Crippen LogP contribution < -0.4 is 0 Å². The van der Waals surface area contributed by atoms with Crippen LogP contribution in [0.1, 0.15) is 23.6 Å². The zero-order valence-electron chi connectivity index (χ0n) is 17.4. The Balaban J connectivity index is 1.56. The van der Waals surface area contributed by atoms with E-state index in [1.165, 1.54) is 23.6 Å². The predicted molar refractivity (Wildman–Crippen MR) is 112 cm³/mol. The molecule has 0 bridgehead atoms. The zero-order chi connectivity index (χ0) is 23.4. The summed E-state index contributed by atoms with van der Waals surface area (Å²) < 4.78 is 78.7. The third-order valence-electron chi connectivity index (χ3n) is 6.33. The molecule has 2 aliphatic heterocycles.